The quantitative estimate of drug-likeness (QED) is 0.532. The minimum atomic E-state index is 0.689. The minimum absolute atomic E-state index is 0.689. The van der Waals surface area contributed by atoms with E-state index in [1.807, 2.05) is 0 Å². The first-order valence-corrected chi connectivity index (χ1v) is 7.85. The van der Waals surface area contributed by atoms with Crippen molar-refractivity contribution in [3.8, 4) is 22.6 Å². The zero-order valence-corrected chi connectivity index (χ0v) is 13.6. The summed E-state index contributed by atoms with van der Waals surface area (Å²) in [6.45, 7) is 2.14. The summed E-state index contributed by atoms with van der Waals surface area (Å²) >= 11 is 0. The maximum atomic E-state index is 4.27. The highest BCUT2D eigenvalue weighted by molar-refractivity contribution is 5.95. The average molecular weight is 313 g/mol. The summed E-state index contributed by atoms with van der Waals surface area (Å²) in [5.74, 6) is 0.689. The van der Waals surface area contributed by atoms with Crippen LogP contribution in [0.25, 0.3) is 33.4 Å². The van der Waals surface area contributed by atoms with Crippen molar-refractivity contribution in [3.05, 3.63) is 72.9 Å². The van der Waals surface area contributed by atoms with Crippen molar-refractivity contribution in [3.63, 3.8) is 0 Å². The fourth-order valence-electron chi connectivity index (χ4n) is 3.06. The Morgan fingerprint density at radius 2 is 1.71 bits per heavy atom. The van der Waals surface area contributed by atoms with Gasteiger partial charge in [0.25, 0.3) is 0 Å². The van der Waals surface area contributed by atoms with Gasteiger partial charge in [0, 0.05) is 17.2 Å². The van der Waals surface area contributed by atoms with Gasteiger partial charge < -0.3 is 0 Å². The van der Waals surface area contributed by atoms with E-state index in [2.05, 4.69) is 88.2 Å². The average Bonchev–Trinajstić information content (AvgIpc) is 2.63. The van der Waals surface area contributed by atoms with Gasteiger partial charge in [-0.3, -0.25) is 0 Å². The van der Waals surface area contributed by atoms with E-state index >= 15 is 0 Å². The number of aryl methyl sites for hydroxylation is 2. The molecule has 2 aromatic carbocycles. The molecule has 0 aliphatic heterocycles. The van der Waals surface area contributed by atoms with Gasteiger partial charge in [-0.15, -0.1) is 0 Å². The first-order valence-electron chi connectivity index (χ1n) is 7.85. The maximum absolute atomic E-state index is 4.27. The molecule has 2 aromatic heterocycles. The number of hydrogen-bond donors (Lipinski definition) is 0. The molecular formula is C20H17N4+. The summed E-state index contributed by atoms with van der Waals surface area (Å²) in [5, 5.41) is 2.39. The molecule has 0 atom stereocenters. The highest BCUT2D eigenvalue weighted by Gasteiger charge is 2.17. The summed E-state index contributed by atoms with van der Waals surface area (Å²) in [6.07, 6.45) is 5.16. The summed E-state index contributed by atoms with van der Waals surface area (Å²) in [5.41, 5.74) is 4.68. The molecule has 0 saturated carbocycles. The van der Waals surface area contributed by atoms with Crippen LogP contribution in [0.3, 0.4) is 0 Å². The number of rotatable bonds is 2. The van der Waals surface area contributed by atoms with Gasteiger partial charge in [-0.1, -0.05) is 30.3 Å². The molecule has 0 unspecified atom stereocenters. The molecule has 0 N–H and O–H groups in total. The second kappa shape index (κ2) is 5.81. The summed E-state index contributed by atoms with van der Waals surface area (Å²) < 4.78 is 2.17. The van der Waals surface area contributed by atoms with Gasteiger partial charge >= 0.3 is 0 Å². The van der Waals surface area contributed by atoms with Crippen molar-refractivity contribution < 1.29 is 4.57 Å². The zero-order valence-electron chi connectivity index (χ0n) is 13.6. The fraction of sp³-hybridized carbons (Fsp3) is 0.100. The molecule has 0 bridgehead atoms. The van der Waals surface area contributed by atoms with Gasteiger partial charge in [-0.2, -0.15) is 0 Å². The Kier molecular flexibility index (Phi) is 3.50. The molecule has 0 aliphatic rings. The third kappa shape index (κ3) is 2.42. The van der Waals surface area contributed by atoms with Crippen LogP contribution in [0.1, 0.15) is 5.56 Å². The lowest BCUT2D eigenvalue weighted by Crippen LogP contribution is -2.30. The van der Waals surface area contributed by atoms with Crippen LogP contribution in [0, 0.1) is 6.92 Å². The lowest BCUT2D eigenvalue weighted by atomic mass is 9.98. The summed E-state index contributed by atoms with van der Waals surface area (Å²) in [6, 6.07) is 16.9. The smallest absolute Gasteiger partial charge is 0.220 e. The van der Waals surface area contributed by atoms with E-state index in [0.717, 1.165) is 5.56 Å². The predicted molar refractivity (Wildman–Crippen MR) is 94.1 cm³/mol. The highest BCUT2D eigenvalue weighted by Crippen LogP contribution is 2.30. The van der Waals surface area contributed by atoms with Crippen LogP contribution in [-0.2, 0) is 7.05 Å². The first kappa shape index (κ1) is 14.5. The van der Waals surface area contributed by atoms with E-state index in [4.69, 9.17) is 0 Å². The zero-order chi connectivity index (χ0) is 16.5. The Bertz CT molecular complexity index is 1030. The van der Waals surface area contributed by atoms with E-state index in [1.54, 1.807) is 0 Å². The Hall–Kier alpha value is -3.14. The molecule has 4 nitrogen and oxygen atoms in total. The Morgan fingerprint density at radius 1 is 0.917 bits per heavy atom. The van der Waals surface area contributed by atoms with Crippen LogP contribution in [-0.4, -0.2) is 15.0 Å². The number of benzene rings is 2. The van der Waals surface area contributed by atoms with E-state index in [-0.39, 0.29) is 0 Å². The van der Waals surface area contributed by atoms with Crippen LogP contribution in [0.5, 0.6) is 0 Å². The maximum Gasteiger partial charge on any atom is 0.220 e. The number of aromatic nitrogens is 4. The topological polar surface area (TPSA) is 42.6 Å². The van der Waals surface area contributed by atoms with Crippen LogP contribution >= 0.6 is 0 Å². The minimum Gasteiger partial charge on any atom is -0.225 e. The molecule has 4 heteroatoms. The van der Waals surface area contributed by atoms with Crippen LogP contribution in [0.2, 0.25) is 0 Å². The van der Waals surface area contributed by atoms with Gasteiger partial charge in [0.15, 0.2) is 12.0 Å². The fourth-order valence-corrected chi connectivity index (χ4v) is 3.06. The standard InChI is InChI=1S/C20H17N4/c1-14-5-3-4-6-17(14)19-18-11-16(20-22-12-21-13-23-20)8-7-15(18)9-10-24(19)2/h3-13H,1-2H3/q+1. The largest absolute Gasteiger partial charge is 0.225 e. The van der Waals surface area contributed by atoms with E-state index in [0.29, 0.717) is 5.82 Å². The molecule has 0 radical (unpaired) electrons. The van der Waals surface area contributed by atoms with Gasteiger partial charge in [-0.25, -0.2) is 19.5 Å². The summed E-state index contributed by atoms with van der Waals surface area (Å²) in [4.78, 5) is 12.4. The SMILES string of the molecule is Cc1ccccc1-c1c2cc(-c3ncncn3)ccc2cc[n+]1C. The van der Waals surface area contributed by atoms with Crippen LogP contribution in [0.15, 0.2) is 67.4 Å². The van der Waals surface area contributed by atoms with Gasteiger partial charge in [0.1, 0.15) is 19.7 Å². The molecule has 116 valence electrons. The van der Waals surface area contributed by atoms with E-state index in [9.17, 15) is 0 Å². The first-order chi connectivity index (χ1) is 11.7. The molecule has 0 saturated heterocycles. The van der Waals surface area contributed by atoms with Crippen molar-refractivity contribution in [2.24, 2.45) is 7.05 Å². The molecule has 24 heavy (non-hydrogen) atoms. The third-order valence-corrected chi connectivity index (χ3v) is 4.29. The molecule has 2 heterocycles. The van der Waals surface area contributed by atoms with Crippen molar-refractivity contribution in [2.75, 3.05) is 0 Å². The molecule has 4 aromatic rings. The normalized spacial score (nSPS) is 10.9. The highest BCUT2D eigenvalue weighted by atomic mass is 15.0. The molecular weight excluding hydrogens is 296 g/mol. The van der Waals surface area contributed by atoms with Crippen molar-refractivity contribution in [1.29, 1.82) is 0 Å². The van der Waals surface area contributed by atoms with E-state index < -0.39 is 0 Å². The Balaban J connectivity index is 2.02. The summed E-state index contributed by atoms with van der Waals surface area (Å²) in [7, 11) is 2.08. The van der Waals surface area contributed by atoms with Crippen molar-refractivity contribution in [2.45, 2.75) is 6.92 Å². The second-order valence-electron chi connectivity index (χ2n) is 5.85. The van der Waals surface area contributed by atoms with E-state index in [1.165, 1.54) is 40.2 Å². The molecule has 0 aliphatic carbocycles. The van der Waals surface area contributed by atoms with Crippen molar-refractivity contribution in [1.82, 2.24) is 15.0 Å². The van der Waals surface area contributed by atoms with Gasteiger partial charge in [-0.05, 0) is 30.0 Å². The molecule has 0 fully saturated rings. The second-order valence-corrected chi connectivity index (χ2v) is 5.85. The Morgan fingerprint density at radius 3 is 2.50 bits per heavy atom. The molecule has 0 spiro atoms. The predicted octanol–water partition coefficient (Wildman–Crippen LogP) is 3.49. The monoisotopic (exact) mass is 313 g/mol. The van der Waals surface area contributed by atoms with Gasteiger partial charge in [0.05, 0.1) is 5.39 Å². The lowest BCUT2D eigenvalue weighted by molar-refractivity contribution is -0.659. The third-order valence-electron chi connectivity index (χ3n) is 4.29. The Labute approximate surface area is 140 Å². The number of pyridine rings is 1. The number of nitrogens with zero attached hydrogens (tertiary/aromatic N) is 4. The molecule has 0 amide bonds. The van der Waals surface area contributed by atoms with Gasteiger partial charge in [0.2, 0.25) is 5.69 Å². The number of fused-ring (bicyclic) bond motifs is 1. The lowest BCUT2D eigenvalue weighted by Gasteiger charge is -2.09. The molecule has 4 rings (SSSR count). The van der Waals surface area contributed by atoms with Crippen LogP contribution in [0.4, 0.5) is 0 Å². The van der Waals surface area contributed by atoms with Crippen molar-refractivity contribution >= 4 is 10.8 Å². The van der Waals surface area contributed by atoms with Crippen LogP contribution < -0.4 is 4.57 Å². The number of hydrogen-bond acceptors (Lipinski definition) is 3.